The number of amides is 1. The van der Waals surface area contributed by atoms with Gasteiger partial charge in [-0.1, -0.05) is 84.0 Å². The van der Waals surface area contributed by atoms with Crippen LogP contribution in [0.15, 0.2) is 0 Å². The molecule has 0 bridgehead atoms. The van der Waals surface area contributed by atoms with Gasteiger partial charge in [-0.25, -0.2) is 0 Å². The van der Waals surface area contributed by atoms with Crippen LogP contribution in [0, 0.1) is 5.41 Å². The Bertz CT molecular complexity index is 400. The first-order chi connectivity index (χ1) is 12.5. The Hall–Kier alpha value is -1.59. The topological polar surface area (TPSA) is 93.5 Å². The van der Waals surface area contributed by atoms with Crippen LogP contribution in [0.5, 0.6) is 0 Å². The van der Waals surface area contributed by atoms with Gasteiger partial charge in [-0.05, 0) is 6.42 Å². The van der Waals surface area contributed by atoms with Gasteiger partial charge < -0.3 is 10.0 Å². The van der Waals surface area contributed by atoms with E-state index in [9.17, 15) is 9.59 Å². The minimum absolute atomic E-state index is 0.160. The lowest BCUT2D eigenvalue weighted by Gasteiger charge is -2.17. The Morgan fingerprint density at radius 3 is 1.69 bits per heavy atom. The van der Waals surface area contributed by atoms with Gasteiger partial charge in [0.05, 0.1) is 0 Å². The molecule has 0 saturated carbocycles. The zero-order chi connectivity index (χ0) is 19.6. The molecule has 0 atom stereocenters. The highest BCUT2D eigenvalue weighted by Gasteiger charge is 2.11. The van der Waals surface area contributed by atoms with Gasteiger partial charge in [-0.2, -0.15) is 0 Å². The van der Waals surface area contributed by atoms with Crippen molar-refractivity contribution in [2.75, 3.05) is 13.6 Å². The summed E-state index contributed by atoms with van der Waals surface area (Å²) < 4.78 is 0. The van der Waals surface area contributed by atoms with Gasteiger partial charge in [0.15, 0.2) is 5.96 Å². The quantitative estimate of drug-likeness (QED) is 0.212. The molecule has 0 heterocycles. The molecule has 0 aromatic rings. The van der Waals surface area contributed by atoms with E-state index in [4.69, 9.17) is 10.5 Å². The molecule has 152 valence electrons. The largest absolute Gasteiger partial charge is 0.480 e. The molecule has 0 aliphatic rings. The number of rotatable bonds is 16. The first-order valence-electron chi connectivity index (χ1n) is 10.3. The number of guanidine groups is 1. The number of carbonyl (C=O) groups excluding carboxylic acids is 1. The molecule has 0 saturated heterocycles. The van der Waals surface area contributed by atoms with Crippen LogP contribution in [0.3, 0.4) is 0 Å². The summed E-state index contributed by atoms with van der Waals surface area (Å²) in [5.74, 6) is -1.40. The predicted octanol–water partition coefficient (Wildman–Crippen LogP) is 4.54. The lowest BCUT2D eigenvalue weighted by atomic mass is 10.0. The van der Waals surface area contributed by atoms with Crippen molar-refractivity contribution >= 4 is 17.8 Å². The van der Waals surface area contributed by atoms with E-state index in [-0.39, 0.29) is 18.4 Å². The van der Waals surface area contributed by atoms with E-state index in [1.54, 1.807) is 0 Å². The smallest absolute Gasteiger partial charge is 0.323 e. The van der Waals surface area contributed by atoms with Crippen molar-refractivity contribution in [3.63, 3.8) is 0 Å². The monoisotopic (exact) mass is 369 g/mol. The van der Waals surface area contributed by atoms with Crippen LogP contribution in [-0.4, -0.2) is 41.4 Å². The zero-order valence-corrected chi connectivity index (χ0v) is 16.8. The number of likely N-dealkylation sites (N-methyl/N-ethyl adjacent to an activating group) is 1. The summed E-state index contributed by atoms with van der Waals surface area (Å²) in [6.45, 7) is 1.95. The van der Waals surface area contributed by atoms with Gasteiger partial charge in [-0.3, -0.25) is 20.3 Å². The molecular weight excluding hydrogens is 330 g/mol. The molecule has 3 N–H and O–H groups in total. The van der Waals surface area contributed by atoms with E-state index in [0.717, 1.165) is 19.3 Å². The molecular formula is C20H39N3O3. The summed E-state index contributed by atoms with van der Waals surface area (Å²) in [6.07, 6.45) is 16.8. The number of hydrogen-bond acceptors (Lipinski definition) is 3. The lowest BCUT2D eigenvalue weighted by molar-refractivity contribution is -0.137. The van der Waals surface area contributed by atoms with Crippen molar-refractivity contribution in [3.05, 3.63) is 0 Å². The fourth-order valence-electron chi connectivity index (χ4n) is 2.88. The maximum absolute atomic E-state index is 11.7. The average molecular weight is 370 g/mol. The number of carboxylic acid groups (broad SMARTS) is 1. The second-order valence-corrected chi connectivity index (χ2v) is 7.14. The Kier molecular flexibility index (Phi) is 15.8. The van der Waals surface area contributed by atoms with Crippen LogP contribution < -0.4 is 5.32 Å². The molecule has 0 aromatic carbocycles. The van der Waals surface area contributed by atoms with Gasteiger partial charge >= 0.3 is 5.97 Å². The van der Waals surface area contributed by atoms with Crippen molar-refractivity contribution in [2.24, 2.45) is 0 Å². The standard InChI is InChI=1S/C20H39N3O3/c1-3-4-5-6-7-8-9-10-11-12-13-14-15-16-18(24)22-20(21)23(2)17-19(25)26/h3-17H2,1-2H3,(H,25,26)(H2,21,22,24). The Morgan fingerprint density at radius 2 is 1.27 bits per heavy atom. The molecule has 0 aromatic heterocycles. The van der Waals surface area contributed by atoms with E-state index in [1.807, 2.05) is 0 Å². The summed E-state index contributed by atoms with van der Waals surface area (Å²) >= 11 is 0. The molecule has 6 heteroatoms. The molecule has 26 heavy (non-hydrogen) atoms. The zero-order valence-electron chi connectivity index (χ0n) is 16.8. The van der Waals surface area contributed by atoms with E-state index >= 15 is 0 Å². The van der Waals surface area contributed by atoms with Crippen LogP contribution in [0.1, 0.15) is 96.8 Å². The van der Waals surface area contributed by atoms with Gasteiger partial charge in [0.1, 0.15) is 6.54 Å². The average Bonchev–Trinajstić information content (AvgIpc) is 2.58. The Morgan fingerprint density at radius 1 is 0.846 bits per heavy atom. The van der Waals surface area contributed by atoms with Crippen molar-refractivity contribution in [1.82, 2.24) is 10.2 Å². The molecule has 6 nitrogen and oxygen atoms in total. The third-order valence-corrected chi connectivity index (χ3v) is 4.52. The van der Waals surface area contributed by atoms with E-state index in [1.165, 1.54) is 76.2 Å². The van der Waals surface area contributed by atoms with E-state index in [2.05, 4.69) is 12.2 Å². The fraction of sp³-hybridized carbons (Fsp3) is 0.850. The maximum atomic E-state index is 11.7. The fourth-order valence-corrected chi connectivity index (χ4v) is 2.88. The number of aliphatic carboxylic acids is 1. The van der Waals surface area contributed by atoms with Crippen molar-refractivity contribution < 1.29 is 14.7 Å². The van der Waals surface area contributed by atoms with Crippen LogP contribution in [-0.2, 0) is 9.59 Å². The molecule has 1 amide bonds. The van der Waals surface area contributed by atoms with Crippen LogP contribution >= 0.6 is 0 Å². The van der Waals surface area contributed by atoms with E-state index in [0.29, 0.717) is 6.42 Å². The van der Waals surface area contributed by atoms with Gasteiger partial charge in [0, 0.05) is 13.5 Å². The SMILES string of the molecule is CCCCCCCCCCCCCCCC(=O)NC(=N)N(C)CC(=O)O. The third-order valence-electron chi connectivity index (χ3n) is 4.52. The molecule has 0 spiro atoms. The predicted molar refractivity (Wildman–Crippen MR) is 106 cm³/mol. The molecule has 0 radical (unpaired) electrons. The minimum Gasteiger partial charge on any atom is -0.480 e. The minimum atomic E-state index is -1.03. The Labute approximate surface area is 159 Å². The maximum Gasteiger partial charge on any atom is 0.323 e. The second kappa shape index (κ2) is 16.9. The van der Waals surface area contributed by atoms with Crippen LogP contribution in [0.25, 0.3) is 0 Å². The summed E-state index contributed by atoms with van der Waals surface area (Å²) in [5.41, 5.74) is 0. The molecule has 0 aliphatic heterocycles. The summed E-state index contributed by atoms with van der Waals surface area (Å²) in [7, 11) is 1.47. The molecule has 0 aliphatic carbocycles. The van der Waals surface area contributed by atoms with Crippen molar-refractivity contribution in [1.29, 1.82) is 5.41 Å². The highest BCUT2D eigenvalue weighted by molar-refractivity contribution is 5.96. The van der Waals surface area contributed by atoms with Gasteiger partial charge in [-0.15, -0.1) is 0 Å². The van der Waals surface area contributed by atoms with Crippen molar-refractivity contribution in [3.8, 4) is 0 Å². The molecule has 0 unspecified atom stereocenters. The van der Waals surface area contributed by atoms with Crippen LogP contribution in [0.4, 0.5) is 0 Å². The molecule has 0 fully saturated rings. The number of nitrogens with one attached hydrogen (secondary N) is 2. The summed E-state index contributed by atoms with van der Waals surface area (Å²) in [6, 6.07) is 0. The number of unbranched alkanes of at least 4 members (excludes halogenated alkanes) is 12. The van der Waals surface area contributed by atoms with Crippen LogP contribution in [0.2, 0.25) is 0 Å². The normalized spacial score (nSPS) is 10.5. The summed E-state index contributed by atoms with van der Waals surface area (Å²) in [5, 5.41) is 18.7. The first-order valence-corrected chi connectivity index (χ1v) is 10.3. The lowest BCUT2D eigenvalue weighted by Crippen LogP contribution is -2.43. The highest BCUT2D eigenvalue weighted by atomic mass is 16.4. The highest BCUT2D eigenvalue weighted by Crippen LogP contribution is 2.12. The number of nitrogens with zero attached hydrogens (tertiary/aromatic N) is 1. The second-order valence-electron chi connectivity index (χ2n) is 7.14. The Balaban J connectivity index is 3.40. The first kappa shape index (κ1) is 24.4. The van der Waals surface area contributed by atoms with Crippen molar-refractivity contribution in [2.45, 2.75) is 96.8 Å². The number of carbonyl (C=O) groups is 2. The van der Waals surface area contributed by atoms with Gasteiger partial charge in [0.25, 0.3) is 0 Å². The number of hydrogen-bond donors (Lipinski definition) is 3. The van der Waals surface area contributed by atoms with Gasteiger partial charge in [0.2, 0.25) is 5.91 Å². The van der Waals surface area contributed by atoms with E-state index < -0.39 is 5.97 Å². The number of carboxylic acids is 1. The third kappa shape index (κ3) is 15.9. The molecule has 0 rings (SSSR count). The summed E-state index contributed by atoms with van der Waals surface area (Å²) in [4.78, 5) is 23.5.